The molecule has 0 fully saturated rings. The molecule has 3 N–H and O–H groups in total. The van der Waals surface area contributed by atoms with Crippen LogP contribution < -0.4 is 4.72 Å². The van der Waals surface area contributed by atoms with Gasteiger partial charge in [-0.1, -0.05) is 6.92 Å². The minimum absolute atomic E-state index is 0.0294. The van der Waals surface area contributed by atoms with Gasteiger partial charge in [0.15, 0.2) is 0 Å². The summed E-state index contributed by atoms with van der Waals surface area (Å²) >= 11 is 0.858. The zero-order valence-corrected chi connectivity index (χ0v) is 11.6. The van der Waals surface area contributed by atoms with Gasteiger partial charge in [0.05, 0.1) is 4.90 Å². The summed E-state index contributed by atoms with van der Waals surface area (Å²) in [6.45, 7) is 3.22. The van der Waals surface area contributed by atoms with Crippen LogP contribution in [0.25, 0.3) is 0 Å². The maximum absolute atomic E-state index is 11.9. The Balaban J connectivity index is 2.89. The van der Waals surface area contributed by atoms with Crippen molar-refractivity contribution < 1.29 is 23.4 Å². The van der Waals surface area contributed by atoms with Gasteiger partial charge in [0, 0.05) is 18.0 Å². The normalized spacial score (nSPS) is 15.3. The summed E-state index contributed by atoms with van der Waals surface area (Å²) in [5, 5.41) is 19.0. The van der Waals surface area contributed by atoms with Gasteiger partial charge in [0.25, 0.3) is 0 Å². The number of aliphatic hydroxyl groups is 1. The maximum Gasteiger partial charge on any atom is 0.345 e. The highest BCUT2D eigenvalue weighted by molar-refractivity contribution is 7.89. The predicted molar refractivity (Wildman–Crippen MR) is 67.3 cm³/mol. The fraction of sp³-hybridized carbons (Fsp3) is 0.500. The molecule has 0 bridgehead atoms. The zero-order chi connectivity index (χ0) is 13.9. The second-order valence-electron chi connectivity index (χ2n) is 4.02. The number of hydrogen-bond donors (Lipinski definition) is 3. The molecule has 1 heterocycles. The Labute approximate surface area is 109 Å². The van der Waals surface area contributed by atoms with Gasteiger partial charge in [0.2, 0.25) is 10.0 Å². The first-order valence-corrected chi connectivity index (χ1v) is 7.59. The number of rotatable bonds is 6. The van der Waals surface area contributed by atoms with Crippen molar-refractivity contribution in [3.8, 4) is 0 Å². The van der Waals surface area contributed by atoms with Gasteiger partial charge in [-0.15, -0.1) is 11.3 Å². The number of thiophene rings is 1. The fourth-order valence-electron chi connectivity index (χ4n) is 1.16. The van der Waals surface area contributed by atoms with Crippen LogP contribution in [0, 0.1) is 5.92 Å². The van der Waals surface area contributed by atoms with E-state index in [2.05, 4.69) is 4.72 Å². The lowest BCUT2D eigenvalue weighted by atomic mass is 10.1. The van der Waals surface area contributed by atoms with Crippen LogP contribution in [0.3, 0.4) is 0 Å². The quantitative estimate of drug-likeness (QED) is 0.717. The molecule has 1 rings (SSSR count). The molecule has 0 radical (unpaired) electrons. The van der Waals surface area contributed by atoms with Crippen LogP contribution in [0.15, 0.2) is 16.3 Å². The summed E-state index contributed by atoms with van der Waals surface area (Å²) in [6, 6.07) is 0.680. The number of aliphatic hydroxyl groups excluding tert-OH is 1. The molecule has 8 heteroatoms. The third kappa shape index (κ3) is 3.52. The average Bonchev–Trinajstić information content (AvgIpc) is 2.77. The van der Waals surface area contributed by atoms with E-state index >= 15 is 0 Å². The fourth-order valence-corrected chi connectivity index (χ4v) is 3.62. The molecule has 0 aromatic carbocycles. The van der Waals surface area contributed by atoms with Crippen LogP contribution in [0.4, 0.5) is 0 Å². The Kier molecular flexibility index (Phi) is 4.85. The monoisotopic (exact) mass is 293 g/mol. The van der Waals surface area contributed by atoms with Crippen molar-refractivity contribution in [1.82, 2.24) is 4.72 Å². The van der Waals surface area contributed by atoms with E-state index in [1.165, 1.54) is 5.38 Å². The van der Waals surface area contributed by atoms with Crippen LogP contribution in [0.5, 0.6) is 0 Å². The summed E-state index contributed by atoms with van der Waals surface area (Å²) in [4.78, 5) is 10.6. The summed E-state index contributed by atoms with van der Waals surface area (Å²) in [6.07, 6.45) is 0. The molecule has 6 nitrogen and oxygen atoms in total. The number of hydrogen-bond acceptors (Lipinski definition) is 5. The molecule has 1 aromatic heterocycles. The highest BCUT2D eigenvalue weighted by Gasteiger charge is 2.22. The highest BCUT2D eigenvalue weighted by Crippen LogP contribution is 2.20. The summed E-state index contributed by atoms with van der Waals surface area (Å²) in [7, 11) is -3.74. The van der Waals surface area contributed by atoms with E-state index in [-0.39, 0.29) is 22.3 Å². The van der Waals surface area contributed by atoms with Crippen molar-refractivity contribution in [2.45, 2.75) is 24.8 Å². The molecule has 0 amide bonds. The first-order chi connectivity index (χ1) is 8.27. The Morgan fingerprint density at radius 2 is 2.11 bits per heavy atom. The molecule has 18 heavy (non-hydrogen) atoms. The van der Waals surface area contributed by atoms with Gasteiger partial charge in [-0.2, -0.15) is 0 Å². The van der Waals surface area contributed by atoms with Crippen molar-refractivity contribution >= 4 is 27.3 Å². The van der Waals surface area contributed by atoms with Gasteiger partial charge in [0.1, 0.15) is 4.88 Å². The van der Waals surface area contributed by atoms with Crippen molar-refractivity contribution in [1.29, 1.82) is 0 Å². The molecule has 2 unspecified atom stereocenters. The number of carbonyl (C=O) groups is 1. The second kappa shape index (κ2) is 5.79. The number of nitrogens with one attached hydrogen (secondary N) is 1. The zero-order valence-electron chi connectivity index (χ0n) is 9.95. The standard InChI is InChI=1S/C10H15NO5S2/c1-6(4-12)7(2)11-18(15,16)8-3-9(10(13)14)17-5-8/h3,5-7,11-12H,4H2,1-2H3,(H,13,14). The lowest BCUT2D eigenvalue weighted by Gasteiger charge is -2.18. The van der Waals surface area contributed by atoms with Crippen LogP contribution in [-0.2, 0) is 10.0 Å². The predicted octanol–water partition coefficient (Wildman–Crippen LogP) is 0.742. The molecule has 2 atom stereocenters. The van der Waals surface area contributed by atoms with Crippen LogP contribution in [0.2, 0.25) is 0 Å². The third-order valence-electron chi connectivity index (χ3n) is 2.58. The SMILES string of the molecule is CC(CO)C(C)NS(=O)(=O)c1csc(C(=O)O)c1. The van der Waals surface area contributed by atoms with Gasteiger partial charge in [-0.25, -0.2) is 17.9 Å². The minimum Gasteiger partial charge on any atom is -0.477 e. The van der Waals surface area contributed by atoms with E-state index in [4.69, 9.17) is 10.2 Å². The van der Waals surface area contributed by atoms with Crippen LogP contribution in [-0.4, -0.2) is 37.2 Å². The molecular formula is C10H15NO5S2. The Morgan fingerprint density at radius 1 is 1.50 bits per heavy atom. The Morgan fingerprint density at radius 3 is 2.56 bits per heavy atom. The molecule has 0 aliphatic rings. The van der Waals surface area contributed by atoms with E-state index in [1.54, 1.807) is 13.8 Å². The van der Waals surface area contributed by atoms with Gasteiger partial charge in [-0.05, 0) is 18.9 Å². The number of carboxylic acid groups (broad SMARTS) is 1. The van der Waals surface area contributed by atoms with Crippen molar-refractivity contribution in [2.75, 3.05) is 6.61 Å². The molecule has 0 spiro atoms. The first kappa shape index (κ1) is 15.1. The third-order valence-corrected chi connectivity index (χ3v) is 5.18. The number of aromatic carboxylic acids is 1. The van der Waals surface area contributed by atoms with Crippen molar-refractivity contribution in [3.63, 3.8) is 0 Å². The van der Waals surface area contributed by atoms with Gasteiger partial charge in [-0.3, -0.25) is 0 Å². The van der Waals surface area contributed by atoms with Crippen molar-refractivity contribution in [3.05, 3.63) is 16.3 Å². The van der Waals surface area contributed by atoms with E-state index in [0.29, 0.717) is 0 Å². The van der Waals surface area contributed by atoms with Crippen molar-refractivity contribution in [2.24, 2.45) is 5.92 Å². The molecule has 0 saturated carbocycles. The summed E-state index contributed by atoms with van der Waals surface area (Å²) < 4.78 is 26.2. The summed E-state index contributed by atoms with van der Waals surface area (Å²) in [5.74, 6) is -1.38. The Hall–Kier alpha value is -0.960. The lowest BCUT2D eigenvalue weighted by Crippen LogP contribution is -2.38. The molecule has 102 valence electrons. The second-order valence-corrected chi connectivity index (χ2v) is 6.65. The molecule has 0 aliphatic carbocycles. The lowest BCUT2D eigenvalue weighted by molar-refractivity contribution is 0.0702. The Bertz CT molecular complexity index is 522. The van der Waals surface area contributed by atoms with Crippen LogP contribution >= 0.6 is 11.3 Å². The average molecular weight is 293 g/mol. The molecule has 0 saturated heterocycles. The molecular weight excluding hydrogens is 278 g/mol. The smallest absolute Gasteiger partial charge is 0.345 e. The minimum atomic E-state index is -3.74. The number of sulfonamides is 1. The number of carboxylic acids is 1. The van der Waals surface area contributed by atoms with E-state index in [0.717, 1.165) is 17.4 Å². The van der Waals surface area contributed by atoms with Gasteiger partial charge >= 0.3 is 5.97 Å². The highest BCUT2D eigenvalue weighted by atomic mass is 32.2. The van der Waals surface area contributed by atoms with Gasteiger partial charge < -0.3 is 10.2 Å². The van der Waals surface area contributed by atoms with E-state index in [1.807, 2.05) is 0 Å². The van der Waals surface area contributed by atoms with Crippen LogP contribution in [0.1, 0.15) is 23.5 Å². The van der Waals surface area contributed by atoms with E-state index in [9.17, 15) is 13.2 Å². The first-order valence-electron chi connectivity index (χ1n) is 5.23. The molecule has 1 aromatic rings. The largest absolute Gasteiger partial charge is 0.477 e. The topological polar surface area (TPSA) is 104 Å². The maximum atomic E-state index is 11.9. The van der Waals surface area contributed by atoms with E-state index < -0.39 is 22.0 Å². The summed E-state index contributed by atoms with van der Waals surface area (Å²) in [5.41, 5.74) is 0. The molecule has 0 aliphatic heterocycles.